The van der Waals surface area contributed by atoms with Gasteiger partial charge in [0.15, 0.2) is 0 Å². The van der Waals surface area contributed by atoms with Gasteiger partial charge in [0.1, 0.15) is 5.82 Å². The summed E-state index contributed by atoms with van der Waals surface area (Å²) in [6, 6.07) is 4.56. The zero-order chi connectivity index (χ0) is 13.5. The molecular formula is C13H18BrFN2O. The van der Waals surface area contributed by atoms with Crippen LogP contribution >= 0.6 is 15.9 Å². The molecule has 0 fully saturated rings. The van der Waals surface area contributed by atoms with Gasteiger partial charge in [-0.1, -0.05) is 19.1 Å². The van der Waals surface area contributed by atoms with Gasteiger partial charge in [0.25, 0.3) is 0 Å². The smallest absolute Gasteiger partial charge is 0.236 e. The summed E-state index contributed by atoms with van der Waals surface area (Å²) in [5.74, 6) is -0.332. The Morgan fingerprint density at radius 3 is 2.89 bits per heavy atom. The second-order valence-electron chi connectivity index (χ2n) is 4.11. The molecule has 1 aromatic carbocycles. The molecule has 0 aliphatic carbocycles. The Morgan fingerprint density at radius 2 is 2.22 bits per heavy atom. The highest BCUT2D eigenvalue weighted by atomic mass is 79.9. The van der Waals surface area contributed by atoms with Gasteiger partial charge < -0.3 is 10.6 Å². The molecule has 1 rings (SSSR count). The Hall–Kier alpha value is -0.940. The van der Waals surface area contributed by atoms with Crippen molar-refractivity contribution in [3.8, 4) is 0 Å². The second-order valence-corrected chi connectivity index (χ2v) is 4.90. The molecule has 0 aliphatic rings. The van der Waals surface area contributed by atoms with Crippen molar-refractivity contribution < 1.29 is 9.18 Å². The molecule has 0 radical (unpaired) electrons. The fourth-order valence-corrected chi connectivity index (χ4v) is 1.85. The Morgan fingerprint density at radius 1 is 1.50 bits per heavy atom. The molecule has 0 aliphatic heterocycles. The third-order valence-corrected chi connectivity index (χ3v) is 3.46. The molecule has 1 aromatic rings. The van der Waals surface area contributed by atoms with Gasteiger partial charge in [0.05, 0.1) is 10.5 Å². The quantitative estimate of drug-likeness (QED) is 0.847. The van der Waals surface area contributed by atoms with Crippen molar-refractivity contribution in [3.63, 3.8) is 0 Å². The number of carbonyl (C=O) groups is 1. The van der Waals surface area contributed by atoms with Crippen LogP contribution in [0.4, 0.5) is 4.39 Å². The van der Waals surface area contributed by atoms with E-state index in [0.717, 1.165) is 12.0 Å². The number of carbonyl (C=O) groups excluding carboxylic acids is 1. The molecule has 2 N–H and O–H groups in total. The van der Waals surface area contributed by atoms with E-state index >= 15 is 0 Å². The summed E-state index contributed by atoms with van der Waals surface area (Å²) in [6.45, 7) is 4.91. The number of amides is 1. The molecule has 0 heterocycles. The topological polar surface area (TPSA) is 41.1 Å². The average molecular weight is 317 g/mol. The largest absolute Gasteiger partial charge is 0.355 e. The first-order chi connectivity index (χ1) is 8.56. The Balaban J connectivity index is 2.49. The van der Waals surface area contributed by atoms with E-state index < -0.39 is 0 Å². The van der Waals surface area contributed by atoms with Gasteiger partial charge in [-0.3, -0.25) is 4.79 Å². The molecule has 3 nitrogen and oxygen atoms in total. The zero-order valence-corrected chi connectivity index (χ0v) is 12.2. The molecule has 0 bridgehead atoms. The monoisotopic (exact) mass is 316 g/mol. The lowest BCUT2D eigenvalue weighted by atomic mass is 10.2. The van der Waals surface area contributed by atoms with Crippen LogP contribution in [0, 0.1) is 5.82 Å². The lowest BCUT2D eigenvalue weighted by molar-refractivity contribution is -0.122. The highest BCUT2D eigenvalue weighted by molar-refractivity contribution is 9.10. The number of hydrogen-bond donors (Lipinski definition) is 2. The van der Waals surface area contributed by atoms with Gasteiger partial charge in [-0.2, -0.15) is 0 Å². The lowest BCUT2D eigenvalue weighted by Gasteiger charge is -2.14. The normalized spacial score (nSPS) is 12.2. The summed E-state index contributed by atoms with van der Waals surface area (Å²) in [5, 5.41) is 5.87. The molecule has 0 saturated heterocycles. The van der Waals surface area contributed by atoms with Gasteiger partial charge in [0.2, 0.25) is 5.91 Å². The minimum atomic E-state index is -0.299. The van der Waals surface area contributed by atoms with Crippen molar-refractivity contribution in [3.05, 3.63) is 34.1 Å². The van der Waals surface area contributed by atoms with Crippen LogP contribution in [0.25, 0.3) is 0 Å². The van der Waals surface area contributed by atoms with Crippen LogP contribution in [-0.4, -0.2) is 18.5 Å². The van der Waals surface area contributed by atoms with Crippen molar-refractivity contribution in [1.29, 1.82) is 0 Å². The second kappa shape index (κ2) is 7.48. The summed E-state index contributed by atoms with van der Waals surface area (Å²) in [5.41, 5.74) is 0.796. The van der Waals surface area contributed by atoms with E-state index in [0.29, 0.717) is 17.6 Å². The van der Waals surface area contributed by atoms with Crippen molar-refractivity contribution >= 4 is 21.8 Å². The van der Waals surface area contributed by atoms with Gasteiger partial charge in [-0.25, -0.2) is 4.39 Å². The standard InChI is InChI=1S/C13H18BrFN2O/c1-3-7-16-13(18)9(2)17-8-10-5-4-6-11(15)12(10)14/h4-6,9,17H,3,7-8H2,1-2H3,(H,16,18). The summed E-state index contributed by atoms with van der Waals surface area (Å²) in [4.78, 5) is 11.6. The maximum atomic E-state index is 13.3. The maximum absolute atomic E-state index is 13.3. The Bertz CT molecular complexity index is 412. The molecular weight excluding hydrogens is 299 g/mol. The summed E-state index contributed by atoms with van der Waals surface area (Å²) in [6.07, 6.45) is 0.911. The third-order valence-electron chi connectivity index (χ3n) is 2.57. The molecule has 5 heteroatoms. The fourth-order valence-electron chi connectivity index (χ4n) is 1.44. The van der Waals surface area contributed by atoms with E-state index in [1.807, 2.05) is 13.0 Å². The molecule has 0 aromatic heterocycles. The molecule has 100 valence electrons. The van der Waals surface area contributed by atoms with Crippen molar-refractivity contribution in [2.75, 3.05) is 6.54 Å². The number of halogens is 2. The van der Waals surface area contributed by atoms with E-state index in [9.17, 15) is 9.18 Å². The number of benzene rings is 1. The molecule has 0 spiro atoms. The number of rotatable bonds is 6. The predicted octanol–water partition coefficient (Wildman–Crippen LogP) is 2.59. The highest BCUT2D eigenvalue weighted by Crippen LogP contribution is 2.20. The maximum Gasteiger partial charge on any atom is 0.236 e. The Kier molecular flexibility index (Phi) is 6.29. The van der Waals surface area contributed by atoms with E-state index in [2.05, 4.69) is 26.6 Å². The SMILES string of the molecule is CCCNC(=O)C(C)NCc1cccc(F)c1Br. The molecule has 1 unspecified atom stereocenters. The van der Waals surface area contributed by atoms with Crippen molar-refractivity contribution in [1.82, 2.24) is 10.6 Å². The van der Waals surface area contributed by atoms with Gasteiger partial charge in [-0.05, 0) is 40.9 Å². The van der Waals surface area contributed by atoms with E-state index in [1.54, 1.807) is 13.0 Å². The molecule has 1 amide bonds. The first kappa shape index (κ1) is 15.1. The highest BCUT2D eigenvalue weighted by Gasteiger charge is 2.12. The van der Waals surface area contributed by atoms with E-state index in [4.69, 9.17) is 0 Å². The molecule has 0 saturated carbocycles. The minimum absolute atomic E-state index is 0.0376. The van der Waals surface area contributed by atoms with Gasteiger partial charge in [-0.15, -0.1) is 0 Å². The third kappa shape index (κ3) is 4.38. The van der Waals surface area contributed by atoms with Gasteiger partial charge >= 0.3 is 0 Å². The van der Waals surface area contributed by atoms with Crippen LogP contribution in [0.5, 0.6) is 0 Å². The summed E-state index contributed by atoms with van der Waals surface area (Å²) < 4.78 is 13.7. The lowest BCUT2D eigenvalue weighted by Crippen LogP contribution is -2.42. The van der Waals surface area contributed by atoms with Crippen molar-refractivity contribution in [2.24, 2.45) is 0 Å². The van der Waals surface area contributed by atoms with Crippen LogP contribution < -0.4 is 10.6 Å². The first-order valence-corrected chi connectivity index (χ1v) is 6.79. The van der Waals surface area contributed by atoms with Crippen LogP contribution in [0.3, 0.4) is 0 Å². The van der Waals surface area contributed by atoms with Crippen molar-refractivity contribution in [2.45, 2.75) is 32.9 Å². The number of nitrogens with one attached hydrogen (secondary N) is 2. The van der Waals surface area contributed by atoms with E-state index in [-0.39, 0.29) is 17.8 Å². The van der Waals surface area contributed by atoms with Crippen LogP contribution in [0.1, 0.15) is 25.8 Å². The summed E-state index contributed by atoms with van der Waals surface area (Å²) in [7, 11) is 0. The van der Waals surface area contributed by atoms with Crippen LogP contribution in [0.2, 0.25) is 0 Å². The fraction of sp³-hybridized carbons (Fsp3) is 0.462. The average Bonchev–Trinajstić information content (AvgIpc) is 2.37. The van der Waals surface area contributed by atoms with Crippen LogP contribution in [-0.2, 0) is 11.3 Å². The Labute approximate surface area is 115 Å². The minimum Gasteiger partial charge on any atom is -0.355 e. The first-order valence-electron chi connectivity index (χ1n) is 6.00. The van der Waals surface area contributed by atoms with Crippen LogP contribution in [0.15, 0.2) is 22.7 Å². The molecule has 1 atom stereocenters. The number of hydrogen-bond acceptors (Lipinski definition) is 2. The molecule has 18 heavy (non-hydrogen) atoms. The van der Waals surface area contributed by atoms with Gasteiger partial charge in [0, 0.05) is 13.1 Å². The summed E-state index contributed by atoms with van der Waals surface area (Å²) >= 11 is 3.19. The zero-order valence-electron chi connectivity index (χ0n) is 10.6. The predicted molar refractivity (Wildman–Crippen MR) is 73.7 cm³/mol. The van der Waals surface area contributed by atoms with E-state index in [1.165, 1.54) is 6.07 Å².